The third kappa shape index (κ3) is 7.51. The van der Waals surface area contributed by atoms with E-state index in [-0.39, 0.29) is 34.4 Å². The Morgan fingerprint density at radius 3 is 2.00 bits per heavy atom. The van der Waals surface area contributed by atoms with Crippen molar-refractivity contribution in [2.45, 2.75) is 47.0 Å². The van der Waals surface area contributed by atoms with Crippen molar-refractivity contribution in [3.05, 3.63) is 46.5 Å². The van der Waals surface area contributed by atoms with Gasteiger partial charge in [0.2, 0.25) is 0 Å². The van der Waals surface area contributed by atoms with Gasteiger partial charge in [-0.1, -0.05) is 44.5 Å². The molecule has 0 aromatic heterocycles. The number of ether oxygens (including phenoxy) is 3. The van der Waals surface area contributed by atoms with Gasteiger partial charge in [-0.3, -0.25) is 4.79 Å². The van der Waals surface area contributed by atoms with Gasteiger partial charge in [-0.05, 0) is 46.4 Å². The van der Waals surface area contributed by atoms with Crippen molar-refractivity contribution in [1.82, 2.24) is 0 Å². The first-order chi connectivity index (χ1) is 14.0. The maximum Gasteiger partial charge on any atom is 1.00 e. The van der Waals surface area contributed by atoms with Crippen molar-refractivity contribution >= 4 is 31.0 Å². The van der Waals surface area contributed by atoms with Crippen LogP contribution in [0.3, 0.4) is 0 Å². The van der Waals surface area contributed by atoms with Crippen LogP contribution in [0.15, 0.2) is 30.3 Å². The molecule has 0 aliphatic heterocycles. The number of hydrogen-bond acceptors (Lipinski definition) is 4. The molecule has 0 radical (unpaired) electrons. The van der Waals surface area contributed by atoms with Crippen LogP contribution in [-0.4, -0.2) is 25.3 Å². The normalized spacial score (nSPS) is 10.7. The van der Waals surface area contributed by atoms with Gasteiger partial charge in [-0.2, -0.15) is 0 Å². The minimum absolute atomic E-state index is 0. The average molecular weight is 445 g/mol. The molecule has 0 heterocycles. The summed E-state index contributed by atoms with van der Waals surface area (Å²) >= 11 is 6.32. The van der Waals surface area contributed by atoms with E-state index in [0.717, 1.165) is 30.1 Å². The molecule has 2 aromatic carbocycles. The van der Waals surface area contributed by atoms with Crippen LogP contribution >= 0.6 is 20.2 Å². The van der Waals surface area contributed by atoms with E-state index in [4.69, 9.17) is 25.8 Å². The summed E-state index contributed by atoms with van der Waals surface area (Å²) < 4.78 is 17.8. The van der Waals surface area contributed by atoms with E-state index < -0.39 is 0 Å². The van der Waals surface area contributed by atoms with Crippen LogP contribution in [0.5, 0.6) is 17.2 Å². The first-order valence-electron chi connectivity index (χ1n) is 10.1. The second kappa shape index (κ2) is 14.0. The third-order valence-electron chi connectivity index (χ3n) is 4.12. The van der Waals surface area contributed by atoms with Crippen LogP contribution in [0.2, 0.25) is 5.02 Å². The van der Waals surface area contributed by atoms with Gasteiger partial charge < -0.3 is 15.6 Å². The Morgan fingerprint density at radius 2 is 1.50 bits per heavy atom. The predicted molar refractivity (Wildman–Crippen MR) is 123 cm³/mol. The quantitative estimate of drug-likeness (QED) is 0.372. The summed E-state index contributed by atoms with van der Waals surface area (Å²) in [6.07, 6.45) is 2.64. The van der Waals surface area contributed by atoms with E-state index in [9.17, 15) is 4.79 Å². The minimum atomic E-state index is -0.162. The molecule has 4 nitrogen and oxygen atoms in total. The molecule has 0 aliphatic rings. The molecule has 30 heavy (non-hydrogen) atoms. The first-order valence-corrected chi connectivity index (χ1v) is 11.5. The van der Waals surface area contributed by atoms with Gasteiger partial charge in [0, 0.05) is 17.7 Å². The van der Waals surface area contributed by atoms with Crippen molar-refractivity contribution in [3.8, 4) is 17.2 Å². The van der Waals surface area contributed by atoms with Gasteiger partial charge in [-0.25, -0.2) is 0 Å². The Kier molecular flexibility index (Phi) is 12.5. The summed E-state index contributed by atoms with van der Waals surface area (Å²) in [6, 6.07) is 9.21. The molecule has 0 fully saturated rings. The molecular weight excluding hydrogens is 414 g/mol. The first kappa shape index (κ1) is 26.9. The third-order valence-corrected chi connectivity index (χ3v) is 5.66. The Labute approximate surface area is 200 Å². The molecule has 0 saturated heterocycles. The zero-order valence-electron chi connectivity index (χ0n) is 19.6. The molecule has 2 aromatic rings. The van der Waals surface area contributed by atoms with Crippen LogP contribution in [0.4, 0.5) is 0 Å². The van der Waals surface area contributed by atoms with E-state index in [1.54, 1.807) is 6.07 Å². The van der Waals surface area contributed by atoms with E-state index in [2.05, 4.69) is 6.92 Å². The van der Waals surface area contributed by atoms with Crippen LogP contribution in [-0.2, 0) is 0 Å². The largest absolute Gasteiger partial charge is 1.00 e. The fraction of sp³-hybridized carbons (Fsp3) is 0.435. The molecule has 0 amide bonds. The SMILES string of the molecule is CCCOc1cc(OCCC)c(PC(=O)c2c(C)cccc2Cl)c(OCCC)c1.[H-].[Li+]. The van der Waals surface area contributed by atoms with Gasteiger partial charge >= 0.3 is 18.9 Å². The molecule has 0 saturated carbocycles. The number of benzene rings is 2. The number of hydrogen-bond donors (Lipinski definition) is 0. The molecule has 2 rings (SSSR count). The van der Waals surface area contributed by atoms with Gasteiger partial charge in [0.15, 0.2) is 5.52 Å². The molecule has 7 heteroatoms. The molecule has 0 spiro atoms. The molecule has 0 N–H and O–H groups in total. The van der Waals surface area contributed by atoms with Crippen LogP contribution in [0, 0.1) is 6.92 Å². The number of carbonyl (C=O) groups excluding carboxylic acids is 1. The topological polar surface area (TPSA) is 44.8 Å². The molecular formula is C23H31ClLiO4P. The molecule has 160 valence electrons. The molecule has 1 unspecified atom stereocenters. The van der Waals surface area contributed by atoms with Crippen molar-refractivity contribution in [3.63, 3.8) is 0 Å². The zero-order valence-corrected chi connectivity index (χ0v) is 20.4. The van der Waals surface area contributed by atoms with Crippen LogP contribution in [0.1, 0.15) is 57.4 Å². The Hall–Kier alpha value is -1.17. The summed E-state index contributed by atoms with van der Waals surface area (Å²) in [5.41, 5.74) is 1.39. The van der Waals surface area contributed by atoms with E-state index in [1.165, 1.54) is 0 Å². The summed E-state index contributed by atoms with van der Waals surface area (Å²) in [5, 5.41) is 1.23. The maximum absolute atomic E-state index is 13.2. The maximum atomic E-state index is 13.2. The van der Waals surface area contributed by atoms with Crippen molar-refractivity contribution in [2.75, 3.05) is 19.8 Å². The van der Waals surface area contributed by atoms with E-state index in [1.807, 2.05) is 45.0 Å². The number of aryl methyl sites for hydroxylation is 1. The Balaban J connectivity index is 0.00000450. The standard InChI is InChI=1S/C23H30ClO4P.Li.H/c1-5-11-26-17-14-19(27-12-6-2)22(20(15-17)28-13-7-3)29-23(25)21-16(4)9-8-10-18(21)24;;/h8-10,14-15,29H,5-7,11-13H2,1-4H3;;/q;+1;-1. The van der Waals surface area contributed by atoms with Crippen LogP contribution in [0.25, 0.3) is 0 Å². The van der Waals surface area contributed by atoms with Crippen molar-refractivity contribution < 1.29 is 39.3 Å². The fourth-order valence-electron chi connectivity index (χ4n) is 2.74. The van der Waals surface area contributed by atoms with Crippen LogP contribution < -0.4 is 38.4 Å². The minimum Gasteiger partial charge on any atom is -1.00 e. The zero-order chi connectivity index (χ0) is 21.2. The number of rotatable bonds is 12. The van der Waals surface area contributed by atoms with E-state index >= 15 is 0 Å². The van der Waals surface area contributed by atoms with E-state index in [0.29, 0.717) is 47.7 Å². The summed E-state index contributed by atoms with van der Waals surface area (Å²) in [6.45, 7) is 9.78. The van der Waals surface area contributed by atoms with Gasteiger partial charge in [0.1, 0.15) is 17.2 Å². The molecule has 1 atom stereocenters. The van der Waals surface area contributed by atoms with Crippen molar-refractivity contribution in [1.29, 1.82) is 0 Å². The Morgan fingerprint density at radius 1 is 0.967 bits per heavy atom. The number of halogens is 1. The fourth-order valence-corrected chi connectivity index (χ4v) is 4.35. The second-order valence-electron chi connectivity index (χ2n) is 6.73. The van der Waals surface area contributed by atoms with Gasteiger partial charge in [0.05, 0.1) is 30.1 Å². The summed E-state index contributed by atoms with van der Waals surface area (Å²) in [7, 11) is -0.162. The Bertz CT molecular complexity index is 786. The monoisotopic (exact) mass is 444 g/mol. The molecule has 0 aliphatic carbocycles. The average Bonchev–Trinajstić information content (AvgIpc) is 2.70. The predicted octanol–water partition coefficient (Wildman–Crippen LogP) is 3.28. The van der Waals surface area contributed by atoms with Crippen molar-refractivity contribution in [2.24, 2.45) is 0 Å². The molecule has 0 bridgehead atoms. The smallest absolute Gasteiger partial charge is 1.00 e. The second-order valence-corrected chi connectivity index (χ2v) is 8.34. The number of carbonyl (C=O) groups is 1. The van der Waals surface area contributed by atoms with Gasteiger partial charge in [0.25, 0.3) is 0 Å². The summed E-state index contributed by atoms with van der Waals surface area (Å²) in [5.74, 6) is 1.98. The summed E-state index contributed by atoms with van der Waals surface area (Å²) in [4.78, 5) is 13.2. The van der Waals surface area contributed by atoms with Gasteiger partial charge in [-0.15, -0.1) is 0 Å².